The van der Waals surface area contributed by atoms with Crippen LogP contribution < -0.4 is 5.32 Å². The molecule has 0 aromatic heterocycles. The van der Waals surface area contributed by atoms with E-state index in [1.54, 1.807) is 0 Å². The van der Waals surface area contributed by atoms with Crippen LogP contribution in [0.5, 0.6) is 0 Å². The molecule has 1 aromatic carbocycles. The Kier molecular flexibility index (Phi) is 5.51. The number of urea groups is 1. The Morgan fingerprint density at radius 3 is 2.65 bits per heavy atom. The molecule has 3 nitrogen and oxygen atoms in total. The molecule has 3 heteroatoms. The molecule has 0 bridgehead atoms. The van der Waals surface area contributed by atoms with Gasteiger partial charge in [0.25, 0.3) is 0 Å². The van der Waals surface area contributed by atoms with Gasteiger partial charge in [0.05, 0.1) is 0 Å². The van der Waals surface area contributed by atoms with Crippen LogP contribution in [-0.2, 0) is 0 Å². The summed E-state index contributed by atoms with van der Waals surface area (Å²) in [7, 11) is 0. The molecule has 0 spiro atoms. The van der Waals surface area contributed by atoms with E-state index in [9.17, 15) is 4.79 Å². The van der Waals surface area contributed by atoms with Gasteiger partial charge in [-0.1, -0.05) is 48.1 Å². The molecule has 1 aromatic rings. The zero-order chi connectivity index (χ0) is 15.9. The SMILES string of the molecule is O=C(NCCC1=CCCCC1)N1CC=C(c2ccccc2)CC1. The van der Waals surface area contributed by atoms with Crippen molar-refractivity contribution >= 4 is 11.6 Å². The van der Waals surface area contributed by atoms with Crippen LogP contribution in [0.4, 0.5) is 4.79 Å². The van der Waals surface area contributed by atoms with Crippen molar-refractivity contribution in [2.75, 3.05) is 19.6 Å². The fourth-order valence-corrected chi connectivity index (χ4v) is 3.34. The van der Waals surface area contributed by atoms with E-state index in [4.69, 9.17) is 0 Å². The lowest BCUT2D eigenvalue weighted by Crippen LogP contribution is -2.42. The molecule has 0 unspecified atom stereocenters. The summed E-state index contributed by atoms with van der Waals surface area (Å²) in [6.07, 6.45) is 11.5. The Labute approximate surface area is 139 Å². The summed E-state index contributed by atoms with van der Waals surface area (Å²) in [6.45, 7) is 2.27. The normalized spacial score (nSPS) is 18.2. The van der Waals surface area contributed by atoms with Crippen LogP contribution in [0.25, 0.3) is 5.57 Å². The maximum absolute atomic E-state index is 12.2. The molecule has 3 rings (SSSR count). The van der Waals surface area contributed by atoms with E-state index in [0.29, 0.717) is 6.54 Å². The molecular formula is C20H26N2O. The molecule has 1 aliphatic heterocycles. The van der Waals surface area contributed by atoms with E-state index in [0.717, 1.165) is 25.9 Å². The highest BCUT2D eigenvalue weighted by Crippen LogP contribution is 2.22. The van der Waals surface area contributed by atoms with Gasteiger partial charge in [0.1, 0.15) is 0 Å². The highest BCUT2D eigenvalue weighted by molar-refractivity contribution is 5.76. The summed E-state index contributed by atoms with van der Waals surface area (Å²) in [5, 5.41) is 3.07. The smallest absolute Gasteiger partial charge is 0.317 e. The second-order valence-corrected chi connectivity index (χ2v) is 6.38. The minimum Gasteiger partial charge on any atom is -0.338 e. The fourth-order valence-electron chi connectivity index (χ4n) is 3.34. The first kappa shape index (κ1) is 15.9. The van der Waals surface area contributed by atoms with Crippen molar-refractivity contribution < 1.29 is 4.79 Å². The summed E-state index contributed by atoms with van der Waals surface area (Å²) in [5.41, 5.74) is 4.14. The fraction of sp³-hybridized carbons (Fsp3) is 0.450. The number of hydrogen-bond acceptors (Lipinski definition) is 1. The van der Waals surface area contributed by atoms with Gasteiger partial charge < -0.3 is 10.2 Å². The molecule has 0 fully saturated rings. The van der Waals surface area contributed by atoms with Crippen LogP contribution in [0.2, 0.25) is 0 Å². The first-order chi connectivity index (χ1) is 11.3. The first-order valence-corrected chi connectivity index (χ1v) is 8.78. The first-order valence-electron chi connectivity index (χ1n) is 8.78. The van der Waals surface area contributed by atoms with E-state index in [2.05, 4.69) is 41.7 Å². The number of carbonyl (C=O) groups excluding carboxylic acids is 1. The average molecular weight is 310 g/mol. The van der Waals surface area contributed by atoms with Gasteiger partial charge in [0.15, 0.2) is 0 Å². The summed E-state index contributed by atoms with van der Waals surface area (Å²) >= 11 is 0. The number of hydrogen-bond donors (Lipinski definition) is 1. The van der Waals surface area contributed by atoms with Gasteiger partial charge in [-0.15, -0.1) is 0 Å². The molecule has 23 heavy (non-hydrogen) atoms. The van der Waals surface area contributed by atoms with Crippen molar-refractivity contribution in [3.05, 3.63) is 53.6 Å². The Morgan fingerprint density at radius 1 is 1.09 bits per heavy atom. The van der Waals surface area contributed by atoms with Crippen LogP contribution in [0.1, 0.15) is 44.1 Å². The predicted octanol–water partition coefficient (Wildman–Crippen LogP) is 4.38. The van der Waals surface area contributed by atoms with E-state index in [1.807, 2.05) is 11.0 Å². The third-order valence-electron chi connectivity index (χ3n) is 4.75. The van der Waals surface area contributed by atoms with E-state index >= 15 is 0 Å². The largest absolute Gasteiger partial charge is 0.338 e. The van der Waals surface area contributed by atoms with Crippen LogP contribution in [0, 0.1) is 0 Å². The van der Waals surface area contributed by atoms with Crippen molar-refractivity contribution in [1.29, 1.82) is 0 Å². The van der Waals surface area contributed by atoms with Crippen LogP contribution >= 0.6 is 0 Å². The van der Waals surface area contributed by atoms with Gasteiger partial charge in [-0.3, -0.25) is 0 Å². The highest BCUT2D eigenvalue weighted by atomic mass is 16.2. The van der Waals surface area contributed by atoms with E-state index in [1.165, 1.54) is 42.4 Å². The number of carbonyl (C=O) groups is 1. The highest BCUT2D eigenvalue weighted by Gasteiger charge is 2.17. The molecule has 0 atom stereocenters. The third kappa shape index (κ3) is 4.47. The maximum Gasteiger partial charge on any atom is 0.317 e. The van der Waals surface area contributed by atoms with Gasteiger partial charge >= 0.3 is 6.03 Å². The average Bonchev–Trinajstić information content (AvgIpc) is 2.63. The molecule has 1 N–H and O–H groups in total. The number of benzene rings is 1. The van der Waals surface area contributed by atoms with Gasteiger partial charge in [0, 0.05) is 19.6 Å². The zero-order valence-corrected chi connectivity index (χ0v) is 13.8. The second kappa shape index (κ2) is 8.00. The number of allylic oxidation sites excluding steroid dienone is 1. The van der Waals surface area contributed by atoms with Crippen molar-refractivity contribution in [1.82, 2.24) is 10.2 Å². The maximum atomic E-state index is 12.2. The molecule has 0 saturated carbocycles. The van der Waals surface area contributed by atoms with E-state index in [-0.39, 0.29) is 6.03 Å². The van der Waals surface area contributed by atoms with Crippen LogP contribution in [0.15, 0.2) is 48.1 Å². The Bertz CT molecular complexity index is 589. The van der Waals surface area contributed by atoms with Crippen molar-refractivity contribution in [3.8, 4) is 0 Å². The monoisotopic (exact) mass is 310 g/mol. The summed E-state index contributed by atoms with van der Waals surface area (Å²) in [5.74, 6) is 0. The molecule has 1 heterocycles. The molecular weight excluding hydrogens is 284 g/mol. The predicted molar refractivity (Wildman–Crippen MR) is 95.2 cm³/mol. The molecule has 2 aliphatic rings. The van der Waals surface area contributed by atoms with Crippen molar-refractivity contribution in [2.24, 2.45) is 0 Å². The zero-order valence-electron chi connectivity index (χ0n) is 13.8. The third-order valence-corrected chi connectivity index (χ3v) is 4.75. The van der Waals surface area contributed by atoms with Gasteiger partial charge in [0.2, 0.25) is 0 Å². The molecule has 122 valence electrons. The van der Waals surface area contributed by atoms with Crippen molar-refractivity contribution in [2.45, 2.75) is 38.5 Å². The Hall–Kier alpha value is -2.03. The number of amides is 2. The lowest BCUT2D eigenvalue weighted by Gasteiger charge is -2.27. The Balaban J connectivity index is 1.44. The molecule has 0 radical (unpaired) electrons. The van der Waals surface area contributed by atoms with E-state index < -0.39 is 0 Å². The minimum atomic E-state index is 0.0739. The van der Waals surface area contributed by atoms with Gasteiger partial charge in [-0.2, -0.15) is 0 Å². The summed E-state index contributed by atoms with van der Waals surface area (Å²) in [6, 6.07) is 10.5. The number of nitrogens with one attached hydrogen (secondary N) is 1. The quantitative estimate of drug-likeness (QED) is 0.823. The minimum absolute atomic E-state index is 0.0739. The number of rotatable bonds is 4. The molecule has 1 aliphatic carbocycles. The second-order valence-electron chi connectivity index (χ2n) is 6.38. The van der Waals surface area contributed by atoms with Crippen LogP contribution in [-0.4, -0.2) is 30.6 Å². The lowest BCUT2D eigenvalue weighted by molar-refractivity contribution is 0.203. The summed E-state index contributed by atoms with van der Waals surface area (Å²) in [4.78, 5) is 14.2. The van der Waals surface area contributed by atoms with Crippen molar-refractivity contribution in [3.63, 3.8) is 0 Å². The topological polar surface area (TPSA) is 32.3 Å². The summed E-state index contributed by atoms with van der Waals surface area (Å²) < 4.78 is 0. The molecule has 2 amide bonds. The Morgan fingerprint density at radius 2 is 1.96 bits per heavy atom. The van der Waals surface area contributed by atoms with Crippen LogP contribution in [0.3, 0.4) is 0 Å². The van der Waals surface area contributed by atoms with Gasteiger partial charge in [-0.25, -0.2) is 4.79 Å². The lowest BCUT2D eigenvalue weighted by atomic mass is 9.97. The molecule has 0 saturated heterocycles. The van der Waals surface area contributed by atoms with Gasteiger partial charge in [-0.05, 0) is 49.7 Å². The number of nitrogens with zero attached hydrogens (tertiary/aromatic N) is 1. The standard InChI is InChI=1S/C20H26N2O/c23-20(21-14-11-17-7-3-1-4-8-17)22-15-12-19(13-16-22)18-9-5-2-6-10-18/h2,5-7,9-10,12H,1,3-4,8,11,13-16H2,(H,21,23).